The van der Waals surface area contributed by atoms with Crippen LogP contribution in [0.2, 0.25) is 0 Å². The van der Waals surface area contributed by atoms with Crippen molar-refractivity contribution in [3.8, 4) is 11.3 Å². The summed E-state index contributed by atoms with van der Waals surface area (Å²) in [4.78, 5) is 8.07. The Bertz CT molecular complexity index is 718. The number of aromatic amines is 1. The van der Waals surface area contributed by atoms with Crippen LogP contribution in [0.3, 0.4) is 0 Å². The van der Waals surface area contributed by atoms with Gasteiger partial charge in [-0.25, -0.2) is 4.98 Å². The third kappa shape index (κ3) is 3.40. The maximum Gasteiger partial charge on any atom is 0.494 e. The summed E-state index contributed by atoms with van der Waals surface area (Å²) in [5.74, 6) is 2.02. The number of aromatic nitrogens is 2. The first-order valence-electron chi connectivity index (χ1n) is 9.12. The van der Waals surface area contributed by atoms with Gasteiger partial charge in [-0.3, -0.25) is 0 Å². The molecule has 1 N–H and O–H groups in total. The topological polar surface area (TPSA) is 47.1 Å². The van der Waals surface area contributed by atoms with E-state index in [1.54, 1.807) is 0 Å². The Morgan fingerprint density at radius 3 is 2.04 bits per heavy atom. The van der Waals surface area contributed by atoms with Gasteiger partial charge < -0.3 is 14.3 Å². The van der Waals surface area contributed by atoms with Gasteiger partial charge in [0.05, 0.1) is 16.9 Å². The predicted octanol–water partition coefficient (Wildman–Crippen LogP) is 4.14. The normalized spacial score (nSPS) is 20.2. The Morgan fingerprint density at radius 1 is 0.960 bits per heavy atom. The molecule has 0 saturated carbocycles. The lowest BCUT2D eigenvalue weighted by Gasteiger charge is -2.32. The third-order valence-corrected chi connectivity index (χ3v) is 5.76. The Hall–Kier alpha value is -1.59. The zero-order valence-electron chi connectivity index (χ0n) is 16.4. The standard InChI is InChI=1S/C20H29BN2O2/c1-13(2)14(3)18-22-12-17(23-18)15-8-10-16(11-9-15)21-24-19(4,5)20(6,7)25-21/h8-14H,1-7H3,(H,22,23)/t14-/m0/s1. The van der Waals surface area contributed by atoms with Crippen LogP contribution >= 0.6 is 0 Å². The molecular formula is C20H29BN2O2. The van der Waals surface area contributed by atoms with E-state index in [4.69, 9.17) is 14.3 Å². The molecule has 0 aliphatic carbocycles. The first kappa shape index (κ1) is 18.2. The Labute approximate surface area is 151 Å². The highest BCUT2D eigenvalue weighted by Crippen LogP contribution is 2.36. The maximum absolute atomic E-state index is 6.11. The molecule has 25 heavy (non-hydrogen) atoms. The van der Waals surface area contributed by atoms with Gasteiger partial charge in [0.2, 0.25) is 0 Å². The number of nitrogens with one attached hydrogen (secondary N) is 1. The van der Waals surface area contributed by atoms with Crippen molar-refractivity contribution in [3.63, 3.8) is 0 Å². The molecule has 1 aromatic carbocycles. The van der Waals surface area contributed by atoms with Crippen LogP contribution in [-0.2, 0) is 9.31 Å². The highest BCUT2D eigenvalue weighted by molar-refractivity contribution is 6.62. The van der Waals surface area contributed by atoms with Crippen molar-refractivity contribution in [2.45, 2.75) is 65.6 Å². The lowest BCUT2D eigenvalue weighted by molar-refractivity contribution is 0.00578. The van der Waals surface area contributed by atoms with Gasteiger partial charge in [-0.15, -0.1) is 0 Å². The van der Waals surface area contributed by atoms with Crippen molar-refractivity contribution in [1.82, 2.24) is 9.97 Å². The zero-order chi connectivity index (χ0) is 18.4. The van der Waals surface area contributed by atoms with Crippen LogP contribution in [0.1, 0.15) is 60.2 Å². The van der Waals surface area contributed by atoms with Crippen molar-refractivity contribution in [2.75, 3.05) is 0 Å². The summed E-state index contributed by atoms with van der Waals surface area (Å²) in [5, 5.41) is 0. The van der Waals surface area contributed by atoms with E-state index in [1.165, 1.54) is 0 Å². The molecule has 134 valence electrons. The summed E-state index contributed by atoms with van der Waals surface area (Å²) in [6.07, 6.45) is 1.98. The van der Waals surface area contributed by atoms with Gasteiger partial charge in [0.25, 0.3) is 0 Å². The molecule has 0 radical (unpaired) electrons. The van der Waals surface area contributed by atoms with E-state index in [-0.39, 0.29) is 18.3 Å². The Morgan fingerprint density at radius 2 is 1.52 bits per heavy atom. The van der Waals surface area contributed by atoms with Crippen LogP contribution in [0.4, 0.5) is 0 Å². The quantitative estimate of drug-likeness (QED) is 0.851. The highest BCUT2D eigenvalue weighted by atomic mass is 16.7. The smallest absolute Gasteiger partial charge is 0.399 e. The average Bonchev–Trinajstić information content (AvgIpc) is 3.10. The molecular weight excluding hydrogens is 311 g/mol. The van der Waals surface area contributed by atoms with Crippen LogP contribution in [0.25, 0.3) is 11.3 Å². The van der Waals surface area contributed by atoms with Gasteiger partial charge in [-0.05, 0) is 39.1 Å². The van der Waals surface area contributed by atoms with Gasteiger partial charge in [0.1, 0.15) is 5.82 Å². The summed E-state index contributed by atoms with van der Waals surface area (Å²) >= 11 is 0. The second-order valence-electron chi connectivity index (χ2n) is 8.41. The third-order valence-electron chi connectivity index (χ3n) is 5.76. The molecule has 1 aliphatic heterocycles. The average molecular weight is 340 g/mol. The van der Waals surface area contributed by atoms with Crippen molar-refractivity contribution in [2.24, 2.45) is 5.92 Å². The largest absolute Gasteiger partial charge is 0.494 e. The molecule has 2 aromatic rings. The number of imidazole rings is 1. The number of H-pyrrole nitrogens is 1. The fourth-order valence-electron chi connectivity index (χ4n) is 2.82. The minimum atomic E-state index is -0.324. The first-order chi connectivity index (χ1) is 11.6. The molecule has 1 aromatic heterocycles. The second-order valence-corrected chi connectivity index (χ2v) is 8.41. The lowest BCUT2D eigenvalue weighted by Crippen LogP contribution is -2.41. The Balaban J connectivity index is 1.78. The molecule has 5 heteroatoms. The summed E-state index contributed by atoms with van der Waals surface area (Å²) in [6, 6.07) is 8.30. The number of rotatable bonds is 4. The van der Waals surface area contributed by atoms with Gasteiger partial charge in [0.15, 0.2) is 0 Å². The minimum absolute atomic E-state index is 0.319. The van der Waals surface area contributed by atoms with E-state index in [0.717, 1.165) is 22.5 Å². The van der Waals surface area contributed by atoms with Crippen molar-refractivity contribution in [1.29, 1.82) is 0 Å². The molecule has 0 bridgehead atoms. The fraction of sp³-hybridized carbons (Fsp3) is 0.550. The monoisotopic (exact) mass is 340 g/mol. The first-order valence-corrected chi connectivity index (χ1v) is 9.12. The number of nitrogens with zero attached hydrogens (tertiary/aromatic N) is 1. The number of hydrogen-bond donors (Lipinski definition) is 1. The molecule has 1 atom stereocenters. The molecule has 0 spiro atoms. The van der Waals surface area contributed by atoms with E-state index in [9.17, 15) is 0 Å². The van der Waals surface area contributed by atoms with Gasteiger partial charge in [-0.2, -0.15) is 0 Å². The van der Waals surface area contributed by atoms with E-state index in [0.29, 0.717) is 11.8 Å². The SMILES string of the molecule is CC(C)[C@H](C)c1nc(-c2ccc(B3OC(C)(C)C(C)(C)O3)cc2)c[nH]1. The summed E-state index contributed by atoms with van der Waals surface area (Å²) in [6.45, 7) is 14.9. The van der Waals surface area contributed by atoms with E-state index in [1.807, 2.05) is 6.20 Å². The summed E-state index contributed by atoms with van der Waals surface area (Å²) in [7, 11) is -0.324. The predicted molar refractivity (Wildman–Crippen MR) is 103 cm³/mol. The highest BCUT2D eigenvalue weighted by Gasteiger charge is 2.51. The number of hydrogen-bond acceptors (Lipinski definition) is 3. The Kier molecular flexibility index (Phi) is 4.58. The number of benzene rings is 1. The van der Waals surface area contributed by atoms with E-state index < -0.39 is 0 Å². The van der Waals surface area contributed by atoms with E-state index >= 15 is 0 Å². The summed E-state index contributed by atoms with van der Waals surface area (Å²) < 4.78 is 12.2. The van der Waals surface area contributed by atoms with Gasteiger partial charge in [-0.1, -0.05) is 45.0 Å². The maximum atomic E-state index is 6.11. The van der Waals surface area contributed by atoms with Crippen molar-refractivity contribution < 1.29 is 9.31 Å². The van der Waals surface area contributed by atoms with E-state index in [2.05, 4.69) is 77.7 Å². The van der Waals surface area contributed by atoms with Crippen molar-refractivity contribution in [3.05, 3.63) is 36.3 Å². The van der Waals surface area contributed by atoms with Crippen molar-refractivity contribution >= 4 is 12.6 Å². The molecule has 1 saturated heterocycles. The molecule has 4 nitrogen and oxygen atoms in total. The minimum Gasteiger partial charge on any atom is -0.399 e. The second kappa shape index (κ2) is 6.29. The van der Waals surface area contributed by atoms with Gasteiger partial charge in [0, 0.05) is 17.7 Å². The van der Waals surface area contributed by atoms with Crippen LogP contribution in [0.5, 0.6) is 0 Å². The van der Waals surface area contributed by atoms with Gasteiger partial charge >= 0.3 is 7.12 Å². The molecule has 1 fully saturated rings. The van der Waals surface area contributed by atoms with Crippen LogP contribution in [0, 0.1) is 5.92 Å². The molecule has 0 unspecified atom stereocenters. The molecule has 3 rings (SSSR count). The molecule has 2 heterocycles. The zero-order valence-corrected chi connectivity index (χ0v) is 16.4. The van der Waals surface area contributed by atoms with Crippen LogP contribution < -0.4 is 5.46 Å². The van der Waals surface area contributed by atoms with Crippen LogP contribution in [0.15, 0.2) is 30.5 Å². The summed E-state index contributed by atoms with van der Waals surface area (Å²) in [5.41, 5.74) is 2.47. The van der Waals surface area contributed by atoms with Crippen LogP contribution in [-0.4, -0.2) is 28.3 Å². The molecule has 0 amide bonds. The fourth-order valence-corrected chi connectivity index (χ4v) is 2.82. The molecule has 1 aliphatic rings. The lowest BCUT2D eigenvalue weighted by atomic mass is 9.79.